The average molecular weight is 311 g/mol. The lowest BCUT2D eigenvalue weighted by Crippen LogP contribution is -2.27. The van der Waals surface area contributed by atoms with Crippen LogP contribution in [-0.4, -0.2) is 25.7 Å². The number of pyridine rings is 1. The van der Waals surface area contributed by atoms with Crippen molar-refractivity contribution < 1.29 is 9.32 Å². The third-order valence-corrected chi connectivity index (χ3v) is 3.97. The summed E-state index contributed by atoms with van der Waals surface area (Å²) in [6, 6.07) is 5.34. The van der Waals surface area contributed by atoms with Crippen molar-refractivity contribution in [3.8, 4) is 0 Å². The normalized spacial score (nSPS) is 15.7. The molecule has 1 atom stereocenters. The first-order valence-electron chi connectivity index (χ1n) is 7.70. The van der Waals surface area contributed by atoms with Crippen molar-refractivity contribution in [3.05, 3.63) is 47.4 Å². The number of fused-ring (bicyclic) bond motifs is 1. The molecule has 1 saturated carbocycles. The van der Waals surface area contributed by atoms with Crippen molar-refractivity contribution in [1.29, 1.82) is 0 Å². The molecule has 1 amide bonds. The van der Waals surface area contributed by atoms with E-state index in [1.165, 1.54) is 0 Å². The topological polar surface area (TPSA) is 85.3 Å². The lowest BCUT2D eigenvalue weighted by Gasteiger charge is -2.07. The molecule has 0 aromatic carbocycles. The van der Waals surface area contributed by atoms with Crippen LogP contribution < -0.4 is 5.32 Å². The second-order valence-electron chi connectivity index (χ2n) is 6.06. The Labute approximate surface area is 132 Å². The molecule has 3 aromatic rings. The van der Waals surface area contributed by atoms with Gasteiger partial charge in [-0.15, -0.1) is 0 Å². The van der Waals surface area contributed by atoms with E-state index < -0.39 is 0 Å². The zero-order valence-electron chi connectivity index (χ0n) is 13.0. The number of carbonyl (C=O) groups excluding carboxylic acids is 1. The summed E-state index contributed by atoms with van der Waals surface area (Å²) >= 11 is 0. The Morgan fingerprint density at radius 3 is 3.04 bits per heavy atom. The molecule has 4 rings (SSSR count). The van der Waals surface area contributed by atoms with Crippen LogP contribution in [0.2, 0.25) is 0 Å². The molecule has 1 fully saturated rings. The Morgan fingerprint density at radius 2 is 2.26 bits per heavy atom. The minimum absolute atomic E-state index is 0.259. The molecular weight excluding hydrogens is 294 g/mol. The van der Waals surface area contributed by atoms with Gasteiger partial charge in [-0.2, -0.15) is 10.1 Å². The molecule has 1 aliphatic rings. The molecule has 23 heavy (non-hydrogen) atoms. The summed E-state index contributed by atoms with van der Waals surface area (Å²) in [5.41, 5.74) is 2.37. The summed E-state index contributed by atoms with van der Waals surface area (Å²) in [6.07, 6.45) is 4.06. The monoisotopic (exact) mass is 311 g/mol. The quantitative estimate of drug-likeness (QED) is 0.799. The van der Waals surface area contributed by atoms with E-state index >= 15 is 0 Å². The molecule has 1 unspecified atom stereocenters. The van der Waals surface area contributed by atoms with Gasteiger partial charge in [-0.25, -0.2) is 4.52 Å². The molecule has 1 aliphatic carbocycles. The predicted molar refractivity (Wildman–Crippen MR) is 82.1 cm³/mol. The van der Waals surface area contributed by atoms with E-state index in [2.05, 4.69) is 20.6 Å². The van der Waals surface area contributed by atoms with Crippen LogP contribution in [0.15, 0.2) is 28.9 Å². The van der Waals surface area contributed by atoms with E-state index in [-0.39, 0.29) is 11.9 Å². The van der Waals surface area contributed by atoms with E-state index in [1.807, 2.05) is 32.2 Å². The van der Waals surface area contributed by atoms with Gasteiger partial charge >= 0.3 is 0 Å². The van der Waals surface area contributed by atoms with Crippen molar-refractivity contribution >= 4 is 11.4 Å². The molecule has 118 valence electrons. The number of hydrogen-bond donors (Lipinski definition) is 1. The summed E-state index contributed by atoms with van der Waals surface area (Å²) in [5.74, 6) is 1.34. The van der Waals surface area contributed by atoms with Crippen LogP contribution in [0.1, 0.15) is 59.5 Å². The maximum Gasteiger partial charge on any atom is 0.272 e. The number of hydrogen-bond acceptors (Lipinski definition) is 5. The predicted octanol–water partition coefficient (Wildman–Crippen LogP) is 2.39. The van der Waals surface area contributed by atoms with Crippen molar-refractivity contribution in [3.63, 3.8) is 0 Å². The number of nitrogens with zero attached hydrogens (tertiary/aromatic N) is 4. The highest BCUT2D eigenvalue weighted by Gasteiger charge is 2.30. The van der Waals surface area contributed by atoms with Crippen LogP contribution in [0.25, 0.3) is 5.52 Å². The number of nitrogens with one attached hydrogen (secondary N) is 1. The largest absolute Gasteiger partial charge is 0.339 e. The lowest BCUT2D eigenvalue weighted by molar-refractivity contribution is 0.0927. The standard InChI is InChI=1S/C16H17N5O2/c1-9-5-6-21-12(7-9)8-13(19-21)15(22)17-10(2)16-18-14(20-23-16)11-3-4-11/h5-8,10-11H,3-4H2,1-2H3,(H,17,22). The average Bonchev–Trinajstić information content (AvgIpc) is 3.10. The second-order valence-corrected chi connectivity index (χ2v) is 6.06. The van der Waals surface area contributed by atoms with Crippen LogP contribution in [-0.2, 0) is 0 Å². The number of aromatic nitrogens is 4. The minimum atomic E-state index is -0.353. The molecule has 3 aromatic heterocycles. The highest BCUT2D eigenvalue weighted by atomic mass is 16.5. The Kier molecular flexibility index (Phi) is 3.14. The van der Waals surface area contributed by atoms with E-state index in [1.54, 1.807) is 10.6 Å². The van der Waals surface area contributed by atoms with Gasteiger partial charge < -0.3 is 9.84 Å². The van der Waals surface area contributed by atoms with Gasteiger partial charge in [-0.3, -0.25) is 4.79 Å². The van der Waals surface area contributed by atoms with Crippen LogP contribution >= 0.6 is 0 Å². The maximum atomic E-state index is 12.4. The molecule has 0 bridgehead atoms. The molecule has 3 heterocycles. The van der Waals surface area contributed by atoms with E-state index in [0.29, 0.717) is 17.5 Å². The number of aryl methyl sites for hydroxylation is 1. The summed E-state index contributed by atoms with van der Waals surface area (Å²) < 4.78 is 6.92. The molecule has 7 heteroatoms. The number of rotatable bonds is 4. The molecular formula is C16H17N5O2. The van der Waals surface area contributed by atoms with Gasteiger partial charge in [-0.05, 0) is 50.5 Å². The molecule has 0 radical (unpaired) electrons. The fourth-order valence-electron chi connectivity index (χ4n) is 2.48. The fraction of sp³-hybridized carbons (Fsp3) is 0.375. The highest BCUT2D eigenvalue weighted by molar-refractivity contribution is 5.93. The van der Waals surface area contributed by atoms with E-state index in [9.17, 15) is 4.79 Å². The van der Waals surface area contributed by atoms with Crippen LogP contribution in [0, 0.1) is 6.92 Å². The van der Waals surface area contributed by atoms with Crippen molar-refractivity contribution in [2.24, 2.45) is 0 Å². The minimum Gasteiger partial charge on any atom is -0.339 e. The maximum absolute atomic E-state index is 12.4. The summed E-state index contributed by atoms with van der Waals surface area (Å²) in [7, 11) is 0. The van der Waals surface area contributed by atoms with E-state index in [0.717, 1.165) is 29.7 Å². The van der Waals surface area contributed by atoms with Crippen LogP contribution in [0.3, 0.4) is 0 Å². The van der Waals surface area contributed by atoms with Gasteiger partial charge in [0.2, 0.25) is 5.89 Å². The van der Waals surface area contributed by atoms with Crippen molar-refractivity contribution in [1.82, 2.24) is 25.1 Å². The van der Waals surface area contributed by atoms with Gasteiger partial charge in [0, 0.05) is 12.1 Å². The Balaban J connectivity index is 1.50. The number of amides is 1. The number of carbonyl (C=O) groups is 1. The highest BCUT2D eigenvalue weighted by Crippen LogP contribution is 2.38. The Bertz CT molecular complexity index is 878. The molecule has 0 saturated heterocycles. The van der Waals surface area contributed by atoms with Gasteiger partial charge in [0.15, 0.2) is 11.5 Å². The molecule has 1 N–H and O–H groups in total. The van der Waals surface area contributed by atoms with Crippen LogP contribution in [0.4, 0.5) is 0 Å². The fourth-order valence-corrected chi connectivity index (χ4v) is 2.48. The van der Waals surface area contributed by atoms with Gasteiger partial charge in [0.1, 0.15) is 6.04 Å². The van der Waals surface area contributed by atoms with E-state index in [4.69, 9.17) is 4.52 Å². The SMILES string of the molecule is Cc1ccn2nc(C(=O)NC(C)c3nc(C4CC4)no3)cc2c1. The smallest absolute Gasteiger partial charge is 0.272 e. The van der Waals surface area contributed by atoms with Gasteiger partial charge in [0.05, 0.1) is 5.52 Å². The molecule has 0 spiro atoms. The molecule has 7 nitrogen and oxygen atoms in total. The molecule has 0 aliphatic heterocycles. The zero-order chi connectivity index (χ0) is 16.0. The lowest BCUT2D eigenvalue weighted by atomic mass is 10.2. The van der Waals surface area contributed by atoms with Crippen LogP contribution in [0.5, 0.6) is 0 Å². The first-order chi connectivity index (χ1) is 11.1. The van der Waals surface area contributed by atoms with Crippen molar-refractivity contribution in [2.45, 2.75) is 38.6 Å². The third-order valence-electron chi connectivity index (χ3n) is 3.97. The van der Waals surface area contributed by atoms with Gasteiger partial charge in [0.25, 0.3) is 5.91 Å². The summed E-state index contributed by atoms with van der Waals surface area (Å²) in [4.78, 5) is 16.7. The van der Waals surface area contributed by atoms with Gasteiger partial charge in [-0.1, -0.05) is 5.16 Å². The first kappa shape index (κ1) is 13.9. The summed E-state index contributed by atoms with van der Waals surface area (Å²) in [6.45, 7) is 3.82. The zero-order valence-corrected chi connectivity index (χ0v) is 13.0. The van der Waals surface area contributed by atoms with Crippen molar-refractivity contribution in [2.75, 3.05) is 0 Å². The third kappa shape index (κ3) is 2.69. The summed E-state index contributed by atoms with van der Waals surface area (Å²) in [5, 5.41) is 11.1. The second kappa shape index (κ2) is 5.19. The first-order valence-corrected chi connectivity index (χ1v) is 7.70. The Hall–Kier alpha value is -2.70. The Morgan fingerprint density at radius 1 is 1.43 bits per heavy atom.